The van der Waals surface area contributed by atoms with Gasteiger partial charge in [0, 0.05) is 0 Å². The Morgan fingerprint density at radius 2 is 2.29 bits per heavy atom. The number of hydrogen-bond acceptors (Lipinski definition) is 3. The Morgan fingerprint density at radius 3 is 2.76 bits per heavy atom. The minimum Gasteiger partial charge on any atom is -0.375 e. The summed E-state index contributed by atoms with van der Waals surface area (Å²) in [5.41, 5.74) is 5.18. The number of ether oxygens (including phenoxy) is 1. The zero-order valence-electron chi connectivity index (χ0n) is 8.97. The molecule has 1 aromatic rings. The fraction of sp³-hybridized carbons (Fsp3) is 0.300. The Hall–Kier alpha value is -1.18. The summed E-state index contributed by atoms with van der Waals surface area (Å²) in [6.45, 7) is 0.187. The first-order chi connectivity index (χ1) is 7.95. The molecule has 1 heterocycles. The summed E-state index contributed by atoms with van der Waals surface area (Å²) in [6, 6.07) is 5.48. The highest BCUT2D eigenvalue weighted by molar-refractivity contribution is 7.80. The standard InChI is InChI=1S/C10H11BFN3OS/c11-8-10(16-8,5-15(14)9(13)17)6-2-1-3-7(12)4-6/h1-4,8H,5,14H2,(H2,13,17). The second-order valence-electron chi connectivity index (χ2n) is 3.90. The Bertz CT molecular complexity index is 461. The second-order valence-corrected chi connectivity index (χ2v) is 4.32. The predicted octanol–water partition coefficient (Wildman–Crippen LogP) is -0.0349. The molecule has 0 saturated carbocycles. The number of epoxide rings is 1. The Balaban J connectivity index is 2.24. The number of halogens is 1. The lowest BCUT2D eigenvalue weighted by Gasteiger charge is -2.22. The lowest BCUT2D eigenvalue weighted by atomic mass is 9.85. The predicted molar refractivity (Wildman–Crippen MR) is 66.4 cm³/mol. The number of hydrazine groups is 1. The van der Waals surface area contributed by atoms with Crippen LogP contribution in [0.4, 0.5) is 4.39 Å². The topological polar surface area (TPSA) is 67.8 Å². The van der Waals surface area contributed by atoms with Crippen LogP contribution in [0.5, 0.6) is 0 Å². The van der Waals surface area contributed by atoms with Crippen LogP contribution in [0, 0.1) is 5.82 Å². The van der Waals surface area contributed by atoms with Crippen molar-refractivity contribution in [1.29, 1.82) is 0 Å². The molecule has 2 unspecified atom stereocenters. The summed E-state index contributed by atoms with van der Waals surface area (Å²) >= 11 is 4.74. The van der Waals surface area contributed by atoms with Gasteiger partial charge in [0.15, 0.2) is 5.11 Å². The molecule has 2 rings (SSSR count). The van der Waals surface area contributed by atoms with E-state index in [1.54, 1.807) is 12.1 Å². The molecular formula is C10H11BFN3OS. The number of benzene rings is 1. The number of rotatable bonds is 3. The average Bonchev–Trinajstić information content (AvgIpc) is 2.90. The fourth-order valence-corrected chi connectivity index (χ4v) is 1.79. The van der Waals surface area contributed by atoms with E-state index in [2.05, 4.69) is 0 Å². The molecule has 1 saturated heterocycles. The molecule has 1 aromatic carbocycles. The minimum absolute atomic E-state index is 0.0310. The highest BCUT2D eigenvalue weighted by Crippen LogP contribution is 2.44. The molecule has 4 nitrogen and oxygen atoms in total. The van der Waals surface area contributed by atoms with Gasteiger partial charge >= 0.3 is 0 Å². The van der Waals surface area contributed by atoms with Crippen LogP contribution in [0.3, 0.4) is 0 Å². The maximum Gasteiger partial charge on any atom is 0.180 e. The normalized spacial score (nSPS) is 26.6. The van der Waals surface area contributed by atoms with Gasteiger partial charge in [0.2, 0.25) is 0 Å². The van der Waals surface area contributed by atoms with Crippen molar-refractivity contribution in [2.75, 3.05) is 6.54 Å². The number of nitrogens with zero attached hydrogens (tertiary/aromatic N) is 1. The van der Waals surface area contributed by atoms with Crippen molar-refractivity contribution in [1.82, 2.24) is 5.01 Å². The third-order valence-electron chi connectivity index (χ3n) is 2.74. The van der Waals surface area contributed by atoms with E-state index in [1.807, 2.05) is 0 Å². The Labute approximate surface area is 105 Å². The minimum atomic E-state index is -0.833. The molecule has 0 aromatic heterocycles. The van der Waals surface area contributed by atoms with Crippen molar-refractivity contribution in [2.24, 2.45) is 11.6 Å². The molecule has 4 N–H and O–H groups in total. The highest BCUT2D eigenvalue weighted by atomic mass is 32.1. The maximum absolute atomic E-state index is 13.2. The molecule has 0 spiro atoms. The third-order valence-corrected chi connectivity index (χ3v) is 2.98. The summed E-state index contributed by atoms with van der Waals surface area (Å²) in [4.78, 5) is 0. The van der Waals surface area contributed by atoms with Crippen LogP contribution in [0.2, 0.25) is 0 Å². The summed E-state index contributed by atoms with van der Waals surface area (Å²) in [6.07, 6.45) is 0. The first-order valence-electron chi connectivity index (χ1n) is 4.97. The SMILES string of the molecule is [B]C1OC1(CN(N)C(N)=S)c1cccc(F)c1. The lowest BCUT2D eigenvalue weighted by Crippen LogP contribution is -2.46. The van der Waals surface area contributed by atoms with E-state index >= 15 is 0 Å². The van der Waals surface area contributed by atoms with Gasteiger partial charge in [-0.25, -0.2) is 10.2 Å². The molecule has 1 aliphatic heterocycles. The van der Waals surface area contributed by atoms with Gasteiger partial charge in [0.05, 0.1) is 12.5 Å². The molecule has 0 bridgehead atoms. The molecule has 2 radical (unpaired) electrons. The molecule has 1 aliphatic rings. The highest BCUT2D eigenvalue weighted by Gasteiger charge is 2.55. The van der Waals surface area contributed by atoms with Gasteiger partial charge in [-0.05, 0) is 29.9 Å². The van der Waals surface area contributed by atoms with E-state index < -0.39 is 11.6 Å². The van der Waals surface area contributed by atoms with Gasteiger partial charge in [-0.15, -0.1) is 0 Å². The van der Waals surface area contributed by atoms with Gasteiger partial charge in [-0.3, -0.25) is 5.01 Å². The fourth-order valence-electron chi connectivity index (χ4n) is 1.73. The lowest BCUT2D eigenvalue weighted by molar-refractivity contribution is 0.247. The van der Waals surface area contributed by atoms with Crippen molar-refractivity contribution in [3.63, 3.8) is 0 Å². The third kappa shape index (κ3) is 2.26. The maximum atomic E-state index is 13.2. The molecule has 2 atom stereocenters. The number of thiocarbonyl (C=S) groups is 1. The van der Waals surface area contributed by atoms with Crippen LogP contribution in [0.1, 0.15) is 5.56 Å². The van der Waals surface area contributed by atoms with E-state index in [0.717, 1.165) is 5.01 Å². The van der Waals surface area contributed by atoms with Gasteiger partial charge in [0.25, 0.3) is 0 Å². The Kier molecular flexibility index (Phi) is 3.07. The van der Waals surface area contributed by atoms with E-state index in [4.69, 9.17) is 36.4 Å². The zero-order chi connectivity index (χ0) is 12.6. The van der Waals surface area contributed by atoms with E-state index in [9.17, 15) is 4.39 Å². The summed E-state index contributed by atoms with van der Waals surface area (Å²) in [7, 11) is 5.72. The summed E-state index contributed by atoms with van der Waals surface area (Å²) in [5, 5.41) is 1.19. The largest absolute Gasteiger partial charge is 0.375 e. The molecule has 0 aliphatic carbocycles. The molecule has 88 valence electrons. The molecule has 1 fully saturated rings. The van der Waals surface area contributed by atoms with Crippen molar-refractivity contribution >= 4 is 25.2 Å². The average molecular weight is 251 g/mol. The van der Waals surface area contributed by atoms with Crippen LogP contribution in [-0.2, 0) is 10.3 Å². The van der Waals surface area contributed by atoms with Crippen LogP contribution in [0.25, 0.3) is 0 Å². The first kappa shape index (κ1) is 12.3. The number of hydrogen-bond donors (Lipinski definition) is 2. The van der Waals surface area contributed by atoms with Gasteiger partial charge < -0.3 is 10.5 Å². The van der Waals surface area contributed by atoms with Crippen LogP contribution in [0.15, 0.2) is 24.3 Å². The molecule has 7 heteroatoms. The van der Waals surface area contributed by atoms with Crippen LogP contribution in [-0.4, -0.2) is 30.5 Å². The van der Waals surface area contributed by atoms with Crippen LogP contribution >= 0.6 is 12.2 Å². The van der Waals surface area contributed by atoms with E-state index in [-0.39, 0.29) is 17.5 Å². The smallest absolute Gasteiger partial charge is 0.180 e. The van der Waals surface area contributed by atoms with E-state index in [1.165, 1.54) is 12.1 Å². The first-order valence-corrected chi connectivity index (χ1v) is 5.37. The van der Waals surface area contributed by atoms with Crippen LogP contribution < -0.4 is 11.6 Å². The van der Waals surface area contributed by atoms with Crippen molar-refractivity contribution in [2.45, 2.75) is 11.6 Å². The number of nitrogens with two attached hydrogens (primary N) is 2. The Morgan fingerprint density at radius 1 is 1.65 bits per heavy atom. The van der Waals surface area contributed by atoms with Crippen molar-refractivity contribution in [3.8, 4) is 0 Å². The van der Waals surface area contributed by atoms with Gasteiger partial charge in [-0.2, -0.15) is 0 Å². The van der Waals surface area contributed by atoms with Crippen molar-refractivity contribution in [3.05, 3.63) is 35.6 Å². The van der Waals surface area contributed by atoms with Gasteiger partial charge in [-0.1, -0.05) is 12.1 Å². The molecule has 17 heavy (non-hydrogen) atoms. The quantitative estimate of drug-likeness (QED) is 0.259. The zero-order valence-corrected chi connectivity index (χ0v) is 9.78. The summed E-state index contributed by atoms with van der Waals surface area (Å²) in [5.74, 6) is 5.26. The molecular weight excluding hydrogens is 240 g/mol. The molecule has 0 amide bonds. The summed E-state index contributed by atoms with van der Waals surface area (Å²) < 4.78 is 18.5. The van der Waals surface area contributed by atoms with E-state index in [0.29, 0.717) is 5.56 Å². The monoisotopic (exact) mass is 251 g/mol. The van der Waals surface area contributed by atoms with Gasteiger partial charge in [0.1, 0.15) is 19.3 Å². The van der Waals surface area contributed by atoms with Crippen molar-refractivity contribution < 1.29 is 9.13 Å². The second kappa shape index (κ2) is 4.25.